The van der Waals surface area contributed by atoms with E-state index in [0.717, 1.165) is 26.6 Å². The molecule has 0 saturated heterocycles. The van der Waals surface area contributed by atoms with Gasteiger partial charge in [0.2, 0.25) is 5.91 Å². The maximum absolute atomic E-state index is 13.7. The molecule has 6 nitrogen and oxygen atoms in total. The van der Waals surface area contributed by atoms with Crippen LogP contribution >= 0.6 is 0 Å². The Morgan fingerprint density at radius 2 is 1.57 bits per heavy atom. The number of nitrogens with zero attached hydrogens (tertiary/aromatic N) is 1. The molecule has 1 amide bonds. The fourth-order valence-corrected chi connectivity index (χ4v) is 5.45. The third-order valence-corrected chi connectivity index (χ3v) is 7.83. The first kappa shape index (κ1) is 26.3. The number of sulfonamides is 1. The Hall–Kier alpha value is -3.32. The standard InChI is InChI=1S/C28H34N2O4S/c1-7-34-27-11-9-8-10-26(27)30(35(32,33)24-14-12-19(2)13-15-24)18-28(31)29-23(6)25-17-21(4)20(3)16-22(25)5/h8-17,23H,7,18H2,1-6H3,(H,29,31). The van der Waals surface area contributed by atoms with E-state index in [2.05, 4.69) is 24.4 Å². The van der Waals surface area contributed by atoms with E-state index in [4.69, 9.17) is 4.74 Å². The van der Waals surface area contributed by atoms with Crippen LogP contribution in [0.2, 0.25) is 0 Å². The summed E-state index contributed by atoms with van der Waals surface area (Å²) in [7, 11) is -4.04. The minimum atomic E-state index is -4.04. The van der Waals surface area contributed by atoms with Crippen molar-refractivity contribution < 1.29 is 17.9 Å². The molecule has 0 heterocycles. The molecule has 3 aromatic carbocycles. The molecule has 0 aliphatic rings. The Labute approximate surface area is 209 Å². The van der Waals surface area contributed by atoms with Crippen LogP contribution in [-0.4, -0.2) is 27.5 Å². The molecule has 0 radical (unpaired) electrons. The largest absolute Gasteiger partial charge is 0.492 e. The highest BCUT2D eigenvalue weighted by molar-refractivity contribution is 7.92. The number of hydrogen-bond acceptors (Lipinski definition) is 4. The average Bonchev–Trinajstić information content (AvgIpc) is 2.80. The molecule has 1 atom stereocenters. The maximum Gasteiger partial charge on any atom is 0.264 e. The van der Waals surface area contributed by atoms with Crippen molar-refractivity contribution in [1.82, 2.24) is 5.32 Å². The normalized spacial score (nSPS) is 12.2. The smallest absolute Gasteiger partial charge is 0.264 e. The summed E-state index contributed by atoms with van der Waals surface area (Å²) in [6.45, 7) is 11.7. The van der Waals surface area contributed by atoms with Gasteiger partial charge in [0.25, 0.3) is 10.0 Å². The number of carbonyl (C=O) groups excluding carboxylic acids is 1. The molecule has 3 rings (SSSR count). The summed E-state index contributed by atoms with van der Waals surface area (Å²) < 4.78 is 34.3. The van der Waals surface area contributed by atoms with E-state index in [0.29, 0.717) is 18.0 Å². The molecule has 0 saturated carbocycles. The molecule has 1 N–H and O–H groups in total. The number of para-hydroxylation sites is 2. The zero-order valence-corrected chi connectivity index (χ0v) is 22.1. The fourth-order valence-electron chi connectivity index (χ4n) is 4.02. The van der Waals surface area contributed by atoms with Gasteiger partial charge in [0.15, 0.2) is 0 Å². The molecule has 186 valence electrons. The van der Waals surface area contributed by atoms with Gasteiger partial charge in [0, 0.05) is 0 Å². The first-order valence-corrected chi connectivity index (χ1v) is 13.2. The van der Waals surface area contributed by atoms with Crippen LogP contribution in [0.5, 0.6) is 5.75 Å². The number of anilines is 1. The minimum Gasteiger partial charge on any atom is -0.492 e. The van der Waals surface area contributed by atoms with Crippen LogP contribution in [0, 0.1) is 27.7 Å². The summed E-state index contributed by atoms with van der Waals surface area (Å²) >= 11 is 0. The number of carbonyl (C=O) groups is 1. The van der Waals surface area contributed by atoms with Crippen LogP contribution in [-0.2, 0) is 14.8 Å². The van der Waals surface area contributed by atoms with Crippen molar-refractivity contribution in [3.63, 3.8) is 0 Å². The van der Waals surface area contributed by atoms with E-state index in [-0.39, 0.29) is 17.5 Å². The summed E-state index contributed by atoms with van der Waals surface area (Å²) in [4.78, 5) is 13.3. The Kier molecular flexibility index (Phi) is 8.22. The van der Waals surface area contributed by atoms with Gasteiger partial charge in [-0.2, -0.15) is 0 Å². The lowest BCUT2D eigenvalue weighted by atomic mass is 9.96. The van der Waals surface area contributed by atoms with Crippen molar-refractivity contribution in [2.24, 2.45) is 0 Å². The van der Waals surface area contributed by atoms with Gasteiger partial charge in [-0.25, -0.2) is 8.42 Å². The van der Waals surface area contributed by atoms with Crippen LogP contribution in [0.1, 0.15) is 47.7 Å². The van der Waals surface area contributed by atoms with Crippen LogP contribution in [0.25, 0.3) is 0 Å². The van der Waals surface area contributed by atoms with Gasteiger partial charge < -0.3 is 10.1 Å². The number of rotatable bonds is 9. The highest BCUT2D eigenvalue weighted by atomic mass is 32.2. The number of aryl methyl sites for hydroxylation is 4. The van der Waals surface area contributed by atoms with Gasteiger partial charge in [-0.05, 0) is 88.1 Å². The van der Waals surface area contributed by atoms with Gasteiger partial charge in [-0.3, -0.25) is 9.10 Å². The number of hydrogen-bond donors (Lipinski definition) is 1. The second kappa shape index (κ2) is 11.0. The lowest BCUT2D eigenvalue weighted by Crippen LogP contribution is -2.41. The SMILES string of the molecule is CCOc1ccccc1N(CC(=O)NC(C)c1cc(C)c(C)cc1C)S(=O)(=O)c1ccc(C)cc1. The summed E-state index contributed by atoms with van der Waals surface area (Å²) in [6.07, 6.45) is 0. The number of benzene rings is 3. The molecular weight excluding hydrogens is 460 g/mol. The molecule has 0 aromatic heterocycles. The predicted molar refractivity (Wildman–Crippen MR) is 141 cm³/mol. The molecule has 3 aromatic rings. The van der Waals surface area contributed by atoms with Crippen molar-refractivity contribution in [1.29, 1.82) is 0 Å². The van der Waals surface area contributed by atoms with E-state index in [1.807, 2.05) is 34.6 Å². The van der Waals surface area contributed by atoms with Crippen molar-refractivity contribution >= 4 is 21.6 Å². The van der Waals surface area contributed by atoms with Gasteiger partial charge in [0.1, 0.15) is 12.3 Å². The topological polar surface area (TPSA) is 75.7 Å². The fraction of sp³-hybridized carbons (Fsp3) is 0.321. The van der Waals surface area contributed by atoms with Crippen molar-refractivity contribution in [2.45, 2.75) is 52.5 Å². The van der Waals surface area contributed by atoms with Crippen LogP contribution < -0.4 is 14.4 Å². The van der Waals surface area contributed by atoms with Gasteiger partial charge in [-0.1, -0.05) is 42.0 Å². The van der Waals surface area contributed by atoms with E-state index in [1.165, 1.54) is 5.56 Å². The Balaban J connectivity index is 1.96. The van der Waals surface area contributed by atoms with Crippen LogP contribution in [0.3, 0.4) is 0 Å². The number of amides is 1. The van der Waals surface area contributed by atoms with Crippen LogP contribution in [0.15, 0.2) is 65.6 Å². The molecule has 0 bridgehead atoms. The molecular formula is C28H34N2O4S. The zero-order valence-electron chi connectivity index (χ0n) is 21.3. The Bertz CT molecular complexity index is 1300. The lowest BCUT2D eigenvalue weighted by Gasteiger charge is -2.27. The predicted octanol–water partition coefficient (Wildman–Crippen LogP) is 5.39. The lowest BCUT2D eigenvalue weighted by molar-refractivity contribution is -0.120. The Morgan fingerprint density at radius 1 is 0.943 bits per heavy atom. The van der Waals surface area contributed by atoms with Gasteiger partial charge >= 0.3 is 0 Å². The van der Waals surface area contributed by atoms with Crippen LogP contribution in [0.4, 0.5) is 5.69 Å². The molecule has 7 heteroatoms. The number of nitrogens with one attached hydrogen (secondary N) is 1. The van der Waals surface area contributed by atoms with Crippen molar-refractivity contribution in [3.8, 4) is 5.75 Å². The quantitative estimate of drug-likeness (QED) is 0.433. The minimum absolute atomic E-state index is 0.111. The van der Waals surface area contributed by atoms with Gasteiger partial charge in [-0.15, -0.1) is 0 Å². The molecule has 35 heavy (non-hydrogen) atoms. The van der Waals surface area contributed by atoms with Crippen molar-refractivity contribution in [3.05, 3.63) is 88.5 Å². The third-order valence-electron chi connectivity index (χ3n) is 6.06. The Morgan fingerprint density at radius 3 is 2.23 bits per heavy atom. The van der Waals surface area contributed by atoms with E-state index in [1.54, 1.807) is 48.5 Å². The molecule has 1 unspecified atom stereocenters. The van der Waals surface area contributed by atoms with E-state index >= 15 is 0 Å². The maximum atomic E-state index is 13.7. The first-order valence-electron chi connectivity index (χ1n) is 11.7. The summed E-state index contributed by atoms with van der Waals surface area (Å²) in [5.74, 6) is -0.00587. The average molecular weight is 495 g/mol. The second-order valence-electron chi connectivity index (χ2n) is 8.81. The highest BCUT2D eigenvalue weighted by Crippen LogP contribution is 2.32. The van der Waals surface area contributed by atoms with Gasteiger partial charge in [0.05, 0.1) is 23.2 Å². The number of ether oxygens (including phenoxy) is 1. The summed E-state index contributed by atoms with van der Waals surface area (Å²) in [5, 5.41) is 2.98. The summed E-state index contributed by atoms with van der Waals surface area (Å²) in [6, 6.07) is 17.3. The zero-order chi connectivity index (χ0) is 25.8. The molecule has 0 fully saturated rings. The molecule has 0 spiro atoms. The molecule has 0 aliphatic heterocycles. The van der Waals surface area contributed by atoms with E-state index in [9.17, 15) is 13.2 Å². The summed E-state index contributed by atoms with van der Waals surface area (Å²) in [5.41, 5.74) is 5.67. The molecule has 0 aliphatic carbocycles. The second-order valence-corrected chi connectivity index (χ2v) is 10.7. The van der Waals surface area contributed by atoms with E-state index < -0.39 is 15.9 Å². The monoisotopic (exact) mass is 494 g/mol. The third kappa shape index (κ3) is 6.03. The first-order chi connectivity index (χ1) is 16.5. The van der Waals surface area contributed by atoms with Crippen molar-refractivity contribution in [2.75, 3.05) is 17.5 Å². The highest BCUT2D eigenvalue weighted by Gasteiger charge is 2.30.